The van der Waals surface area contributed by atoms with Crippen molar-refractivity contribution in [3.8, 4) is 0 Å². The fourth-order valence-corrected chi connectivity index (χ4v) is 2.76. The van der Waals surface area contributed by atoms with Gasteiger partial charge in [0.2, 0.25) is 0 Å². The Hall–Kier alpha value is -2.04. The number of para-hydroxylation sites is 1. The molecule has 1 amide bonds. The van der Waals surface area contributed by atoms with E-state index in [1.54, 1.807) is 4.90 Å². The molecule has 1 aliphatic rings. The summed E-state index contributed by atoms with van der Waals surface area (Å²) in [6, 6.07) is 8.17. The van der Waals surface area contributed by atoms with Crippen LogP contribution in [0.4, 0.5) is 4.79 Å². The van der Waals surface area contributed by atoms with Crippen LogP contribution in [-0.2, 0) is 4.74 Å². The standard InChI is InChI=1S/C14H17N3O2/c1-19-14(18)17-8-6-10(7-9-17)13-11-4-2-3-5-12(11)15-16-13/h2-5,10H,6-9H2,1H3,(H,15,16). The minimum atomic E-state index is -0.231. The van der Waals surface area contributed by atoms with Gasteiger partial charge in [-0.2, -0.15) is 5.10 Å². The fourth-order valence-electron chi connectivity index (χ4n) is 2.76. The highest BCUT2D eigenvalue weighted by molar-refractivity contribution is 5.81. The van der Waals surface area contributed by atoms with Crippen molar-refractivity contribution < 1.29 is 9.53 Å². The summed E-state index contributed by atoms with van der Waals surface area (Å²) in [5.41, 5.74) is 2.20. The van der Waals surface area contributed by atoms with E-state index >= 15 is 0 Å². The van der Waals surface area contributed by atoms with Gasteiger partial charge in [0.1, 0.15) is 0 Å². The van der Waals surface area contributed by atoms with Gasteiger partial charge in [-0.15, -0.1) is 0 Å². The number of hydrogen-bond acceptors (Lipinski definition) is 3. The van der Waals surface area contributed by atoms with E-state index in [1.165, 1.54) is 12.5 Å². The first-order valence-electron chi connectivity index (χ1n) is 6.55. The molecule has 0 saturated carbocycles. The number of hydrogen-bond donors (Lipinski definition) is 1. The lowest BCUT2D eigenvalue weighted by molar-refractivity contribution is 0.112. The van der Waals surface area contributed by atoms with Crippen molar-refractivity contribution in [1.82, 2.24) is 15.1 Å². The number of H-pyrrole nitrogens is 1. The van der Waals surface area contributed by atoms with Crippen molar-refractivity contribution in [2.75, 3.05) is 20.2 Å². The number of nitrogens with zero attached hydrogens (tertiary/aromatic N) is 2. The van der Waals surface area contributed by atoms with Crippen LogP contribution in [0.15, 0.2) is 24.3 Å². The quantitative estimate of drug-likeness (QED) is 0.856. The van der Waals surface area contributed by atoms with Gasteiger partial charge in [-0.25, -0.2) is 4.79 Å². The Balaban J connectivity index is 1.77. The second-order valence-electron chi connectivity index (χ2n) is 4.89. The smallest absolute Gasteiger partial charge is 0.409 e. The van der Waals surface area contributed by atoms with Crippen LogP contribution in [-0.4, -0.2) is 41.4 Å². The number of nitrogens with one attached hydrogen (secondary N) is 1. The van der Waals surface area contributed by atoms with E-state index in [0.29, 0.717) is 5.92 Å². The van der Waals surface area contributed by atoms with Gasteiger partial charge in [-0.1, -0.05) is 18.2 Å². The molecule has 5 nitrogen and oxygen atoms in total. The minimum Gasteiger partial charge on any atom is -0.453 e. The van der Waals surface area contributed by atoms with Gasteiger partial charge in [-0.3, -0.25) is 5.10 Å². The summed E-state index contributed by atoms with van der Waals surface area (Å²) in [6.07, 6.45) is 1.64. The summed E-state index contributed by atoms with van der Waals surface area (Å²) in [7, 11) is 1.43. The Bertz CT molecular complexity index is 585. The van der Waals surface area contributed by atoms with E-state index in [-0.39, 0.29) is 6.09 Å². The van der Waals surface area contributed by atoms with Gasteiger partial charge in [0.15, 0.2) is 0 Å². The Morgan fingerprint density at radius 1 is 1.37 bits per heavy atom. The molecule has 0 atom stereocenters. The van der Waals surface area contributed by atoms with Crippen molar-refractivity contribution >= 4 is 17.0 Å². The molecule has 100 valence electrons. The van der Waals surface area contributed by atoms with Crippen LogP contribution in [0.2, 0.25) is 0 Å². The van der Waals surface area contributed by atoms with Crippen LogP contribution in [0.3, 0.4) is 0 Å². The molecule has 1 aliphatic heterocycles. The van der Waals surface area contributed by atoms with Crippen molar-refractivity contribution in [1.29, 1.82) is 0 Å². The molecule has 0 spiro atoms. The van der Waals surface area contributed by atoms with Crippen LogP contribution in [0, 0.1) is 0 Å². The van der Waals surface area contributed by atoms with Crippen LogP contribution in [0.25, 0.3) is 10.9 Å². The minimum absolute atomic E-state index is 0.231. The third-order valence-corrected chi connectivity index (χ3v) is 3.81. The maximum atomic E-state index is 11.5. The molecule has 2 heterocycles. The van der Waals surface area contributed by atoms with E-state index in [1.807, 2.05) is 18.2 Å². The van der Waals surface area contributed by atoms with Crippen molar-refractivity contribution in [2.24, 2.45) is 0 Å². The van der Waals surface area contributed by atoms with Crippen molar-refractivity contribution in [2.45, 2.75) is 18.8 Å². The molecule has 1 aromatic heterocycles. The van der Waals surface area contributed by atoms with Crippen molar-refractivity contribution in [3.63, 3.8) is 0 Å². The first-order chi connectivity index (χ1) is 9.29. The molecule has 2 aromatic rings. The molecule has 1 saturated heterocycles. The Morgan fingerprint density at radius 3 is 2.84 bits per heavy atom. The third-order valence-electron chi connectivity index (χ3n) is 3.81. The number of aromatic amines is 1. The Kier molecular flexibility index (Phi) is 3.11. The zero-order valence-corrected chi connectivity index (χ0v) is 10.9. The number of likely N-dealkylation sites (tertiary alicyclic amines) is 1. The van der Waals surface area contributed by atoms with Crippen LogP contribution in [0.5, 0.6) is 0 Å². The third kappa shape index (κ3) is 2.16. The van der Waals surface area contributed by atoms with Crippen LogP contribution < -0.4 is 0 Å². The molecule has 0 unspecified atom stereocenters. The van der Waals surface area contributed by atoms with Gasteiger partial charge in [0.05, 0.1) is 18.3 Å². The summed E-state index contributed by atoms with van der Waals surface area (Å²) in [5.74, 6) is 0.414. The highest BCUT2D eigenvalue weighted by Crippen LogP contribution is 2.31. The highest BCUT2D eigenvalue weighted by Gasteiger charge is 2.26. The second kappa shape index (κ2) is 4.91. The maximum absolute atomic E-state index is 11.5. The number of rotatable bonds is 1. The summed E-state index contributed by atoms with van der Waals surface area (Å²) >= 11 is 0. The zero-order valence-electron chi connectivity index (χ0n) is 10.9. The Morgan fingerprint density at radius 2 is 2.11 bits per heavy atom. The van der Waals surface area contributed by atoms with E-state index in [9.17, 15) is 4.79 Å². The van der Waals surface area contributed by atoms with Crippen molar-refractivity contribution in [3.05, 3.63) is 30.0 Å². The van der Waals surface area contributed by atoms with E-state index in [0.717, 1.165) is 37.1 Å². The van der Waals surface area contributed by atoms with Gasteiger partial charge < -0.3 is 9.64 Å². The SMILES string of the molecule is COC(=O)N1CCC(c2n[nH]c3ccccc23)CC1. The number of aromatic nitrogens is 2. The number of piperidine rings is 1. The van der Waals surface area contributed by atoms with E-state index in [4.69, 9.17) is 4.74 Å². The summed E-state index contributed by atoms with van der Waals surface area (Å²) in [5, 5.41) is 8.72. The molecular formula is C14H17N3O2. The molecule has 19 heavy (non-hydrogen) atoms. The second-order valence-corrected chi connectivity index (χ2v) is 4.89. The molecular weight excluding hydrogens is 242 g/mol. The number of benzene rings is 1. The van der Waals surface area contributed by atoms with E-state index in [2.05, 4.69) is 16.3 Å². The number of carbonyl (C=O) groups excluding carboxylic acids is 1. The number of methoxy groups -OCH3 is 1. The summed E-state index contributed by atoms with van der Waals surface area (Å²) < 4.78 is 4.75. The monoisotopic (exact) mass is 259 g/mol. The molecule has 3 rings (SSSR count). The predicted molar refractivity (Wildman–Crippen MR) is 72.0 cm³/mol. The van der Waals surface area contributed by atoms with Crippen LogP contribution in [0.1, 0.15) is 24.5 Å². The lowest BCUT2D eigenvalue weighted by atomic mass is 9.92. The molecule has 1 aromatic carbocycles. The molecule has 5 heteroatoms. The number of ether oxygens (including phenoxy) is 1. The average molecular weight is 259 g/mol. The first kappa shape index (κ1) is 12.0. The summed E-state index contributed by atoms with van der Waals surface area (Å²) in [4.78, 5) is 13.2. The lowest BCUT2D eigenvalue weighted by Gasteiger charge is -2.30. The predicted octanol–water partition coefficient (Wildman–Crippen LogP) is 2.51. The number of carbonyl (C=O) groups is 1. The van der Waals surface area contributed by atoms with Gasteiger partial charge in [-0.05, 0) is 18.9 Å². The lowest BCUT2D eigenvalue weighted by Crippen LogP contribution is -2.37. The summed E-state index contributed by atoms with van der Waals surface area (Å²) in [6.45, 7) is 1.47. The van der Waals surface area contributed by atoms with Gasteiger partial charge in [0, 0.05) is 24.4 Å². The first-order valence-corrected chi connectivity index (χ1v) is 6.55. The average Bonchev–Trinajstić information content (AvgIpc) is 2.90. The normalized spacial score (nSPS) is 16.8. The number of fused-ring (bicyclic) bond motifs is 1. The molecule has 1 N–H and O–H groups in total. The Labute approximate surface area is 111 Å². The fraction of sp³-hybridized carbons (Fsp3) is 0.429. The largest absolute Gasteiger partial charge is 0.453 e. The van der Waals surface area contributed by atoms with Gasteiger partial charge >= 0.3 is 6.09 Å². The van der Waals surface area contributed by atoms with Crippen LogP contribution >= 0.6 is 0 Å². The molecule has 0 radical (unpaired) electrons. The topological polar surface area (TPSA) is 58.2 Å². The highest BCUT2D eigenvalue weighted by atomic mass is 16.5. The molecule has 0 bridgehead atoms. The maximum Gasteiger partial charge on any atom is 0.409 e. The van der Waals surface area contributed by atoms with Gasteiger partial charge in [0.25, 0.3) is 0 Å². The van der Waals surface area contributed by atoms with E-state index < -0.39 is 0 Å². The molecule has 1 fully saturated rings. The number of amides is 1. The molecule has 0 aliphatic carbocycles. The zero-order chi connectivity index (χ0) is 13.2.